The van der Waals surface area contributed by atoms with Crippen molar-refractivity contribution in [2.45, 2.75) is 103 Å². The highest BCUT2D eigenvalue weighted by molar-refractivity contribution is 5.79. The molecule has 1 heterocycles. The predicted molar refractivity (Wildman–Crippen MR) is 118 cm³/mol. The lowest BCUT2D eigenvalue weighted by atomic mass is 9.47. The van der Waals surface area contributed by atoms with Crippen LogP contribution in [0.2, 0.25) is 0 Å². The van der Waals surface area contributed by atoms with Crippen molar-refractivity contribution < 1.29 is 29.6 Å². The number of Topliss-reactive ketones (excluding diaryl/α,β-unsaturated/α-hetero) is 1. The Balaban J connectivity index is 1.30. The Morgan fingerprint density at radius 1 is 1.06 bits per heavy atom. The van der Waals surface area contributed by atoms with Crippen LogP contribution in [-0.2, 0) is 14.3 Å². The first kappa shape index (κ1) is 23.0. The van der Waals surface area contributed by atoms with Gasteiger partial charge in [-0.2, -0.15) is 0 Å². The summed E-state index contributed by atoms with van der Waals surface area (Å²) in [6.07, 6.45) is 6.13. The van der Waals surface area contributed by atoms with Crippen molar-refractivity contribution in [1.82, 2.24) is 0 Å². The number of aliphatic hydroxyl groups excluding tert-OH is 3. The van der Waals surface area contributed by atoms with E-state index in [4.69, 9.17) is 9.47 Å². The van der Waals surface area contributed by atoms with Gasteiger partial charge in [-0.05, 0) is 86.9 Å². The molecule has 3 saturated carbocycles. The van der Waals surface area contributed by atoms with Gasteiger partial charge in [0.05, 0.1) is 6.10 Å². The first-order valence-electron chi connectivity index (χ1n) is 12.5. The zero-order chi connectivity index (χ0) is 22.8. The zero-order valence-electron chi connectivity index (χ0n) is 19.6. The number of ether oxygens (including phenoxy) is 2. The summed E-state index contributed by atoms with van der Waals surface area (Å²) in [6, 6.07) is 0. The molecule has 11 atom stereocenters. The normalized spacial score (nSPS) is 53.1. The number of allylic oxidation sites excluding steroid dienone is 1. The largest absolute Gasteiger partial charge is 0.387 e. The smallest absolute Gasteiger partial charge is 0.186 e. The minimum Gasteiger partial charge on any atom is -0.387 e. The summed E-state index contributed by atoms with van der Waals surface area (Å²) in [7, 11) is 0. The Morgan fingerprint density at radius 2 is 1.84 bits per heavy atom. The van der Waals surface area contributed by atoms with Gasteiger partial charge in [0.2, 0.25) is 0 Å². The first-order valence-corrected chi connectivity index (χ1v) is 12.5. The van der Waals surface area contributed by atoms with Crippen molar-refractivity contribution in [3.8, 4) is 0 Å². The van der Waals surface area contributed by atoms with Gasteiger partial charge in [0, 0.05) is 5.92 Å². The second-order valence-corrected chi connectivity index (χ2v) is 11.7. The molecule has 1 radical (unpaired) electrons. The molecular weight excluding hydrogens is 408 g/mol. The predicted octanol–water partition coefficient (Wildman–Crippen LogP) is 3.14. The molecular formula is C26H39O6. The molecule has 4 fully saturated rings. The molecule has 0 aromatic heterocycles. The van der Waals surface area contributed by atoms with Gasteiger partial charge >= 0.3 is 0 Å². The van der Waals surface area contributed by atoms with Crippen LogP contribution in [0.15, 0.2) is 11.6 Å². The van der Waals surface area contributed by atoms with E-state index in [0.29, 0.717) is 23.5 Å². The second-order valence-electron chi connectivity index (χ2n) is 11.7. The topological polar surface area (TPSA) is 96.2 Å². The molecule has 5 rings (SSSR count). The summed E-state index contributed by atoms with van der Waals surface area (Å²) < 4.78 is 11.4. The van der Waals surface area contributed by atoms with Crippen LogP contribution in [0.3, 0.4) is 0 Å². The molecule has 0 amide bonds. The highest BCUT2D eigenvalue weighted by Crippen LogP contribution is 2.66. The van der Waals surface area contributed by atoms with Crippen molar-refractivity contribution in [2.24, 2.45) is 34.5 Å². The van der Waals surface area contributed by atoms with Gasteiger partial charge in [0.15, 0.2) is 6.29 Å². The fourth-order valence-corrected chi connectivity index (χ4v) is 8.40. The van der Waals surface area contributed by atoms with E-state index in [1.165, 1.54) is 18.4 Å². The molecule has 1 unspecified atom stereocenters. The lowest BCUT2D eigenvalue weighted by Crippen LogP contribution is -2.54. The molecule has 3 N–H and O–H groups in total. The van der Waals surface area contributed by atoms with E-state index in [1.807, 2.05) is 0 Å². The molecule has 32 heavy (non-hydrogen) atoms. The second kappa shape index (κ2) is 8.16. The number of rotatable bonds is 3. The first-order chi connectivity index (χ1) is 15.1. The molecule has 179 valence electrons. The SMILES string of the molecule is CC(=O)[C@H]1CC[C@H]2[C@@H]3CC=C4C[C@@H](OC5O[CH][C@@H](O)[C@H](O)[C@H]5O)CC[C@]4(C)[C@H]3CC[C@]12C. The van der Waals surface area contributed by atoms with E-state index < -0.39 is 24.6 Å². The zero-order valence-corrected chi connectivity index (χ0v) is 19.6. The van der Waals surface area contributed by atoms with Crippen LogP contribution < -0.4 is 0 Å². The molecule has 5 aliphatic rings. The van der Waals surface area contributed by atoms with Gasteiger partial charge in [-0.25, -0.2) is 0 Å². The number of hydrogen-bond donors (Lipinski definition) is 3. The van der Waals surface area contributed by atoms with E-state index in [2.05, 4.69) is 19.9 Å². The highest BCUT2D eigenvalue weighted by Gasteiger charge is 2.59. The average Bonchev–Trinajstić information content (AvgIpc) is 3.12. The van der Waals surface area contributed by atoms with Crippen LogP contribution in [0.4, 0.5) is 0 Å². The maximum absolute atomic E-state index is 12.3. The highest BCUT2D eigenvalue weighted by atomic mass is 16.7. The Bertz CT molecular complexity index is 780. The maximum Gasteiger partial charge on any atom is 0.186 e. The van der Waals surface area contributed by atoms with Crippen LogP contribution in [0.1, 0.15) is 72.1 Å². The number of hydrogen-bond acceptors (Lipinski definition) is 6. The lowest BCUT2D eigenvalue weighted by molar-refractivity contribution is -0.265. The van der Waals surface area contributed by atoms with Gasteiger partial charge < -0.3 is 24.8 Å². The number of aliphatic hydroxyl groups is 3. The average molecular weight is 448 g/mol. The van der Waals surface area contributed by atoms with Crippen molar-refractivity contribution in [3.63, 3.8) is 0 Å². The van der Waals surface area contributed by atoms with Crippen LogP contribution in [0.25, 0.3) is 0 Å². The summed E-state index contributed by atoms with van der Waals surface area (Å²) in [5.74, 6) is 2.59. The maximum atomic E-state index is 12.3. The summed E-state index contributed by atoms with van der Waals surface area (Å²) in [6.45, 7) is 7.76. The number of fused-ring (bicyclic) bond motifs is 5. The third kappa shape index (κ3) is 3.44. The molecule has 6 nitrogen and oxygen atoms in total. The minimum atomic E-state index is -1.29. The van der Waals surface area contributed by atoms with Gasteiger partial charge in [-0.3, -0.25) is 4.79 Å². The third-order valence-corrected chi connectivity index (χ3v) is 10.2. The molecule has 0 bridgehead atoms. The molecule has 0 aromatic rings. The van der Waals surface area contributed by atoms with Gasteiger partial charge in [-0.1, -0.05) is 25.5 Å². The summed E-state index contributed by atoms with van der Waals surface area (Å²) in [4.78, 5) is 12.3. The minimum absolute atomic E-state index is 0.0659. The molecule has 0 spiro atoms. The molecule has 0 aromatic carbocycles. The van der Waals surface area contributed by atoms with Crippen LogP contribution in [-0.4, -0.2) is 51.8 Å². The standard InChI is InChI=1S/C26H39O6/c1-14(27)18-6-7-19-17-5-4-15-12-16(32-24-23(30)22(29)21(28)13-31-24)8-10-25(15,2)20(17)9-11-26(18,19)3/h4,13,16-24,28-30H,5-12H2,1-3H3/t16-,17-,18+,19-,20-,21+,22-,23+,24?,25-,26+/m0/s1. The monoisotopic (exact) mass is 447 g/mol. The van der Waals surface area contributed by atoms with Crippen molar-refractivity contribution in [3.05, 3.63) is 18.3 Å². The van der Waals surface area contributed by atoms with Crippen LogP contribution >= 0.6 is 0 Å². The number of carbonyl (C=O) groups is 1. The summed E-state index contributed by atoms with van der Waals surface area (Å²) in [5.41, 5.74) is 1.81. The fourth-order valence-electron chi connectivity index (χ4n) is 8.40. The van der Waals surface area contributed by atoms with Crippen molar-refractivity contribution in [1.29, 1.82) is 0 Å². The summed E-state index contributed by atoms with van der Waals surface area (Å²) in [5, 5.41) is 29.8. The number of carbonyl (C=O) groups excluding carboxylic acids is 1. The third-order valence-electron chi connectivity index (χ3n) is 10.2. The Labute approximate surface area is 191 Å². The Morgan fingerprint density at radius 3 is 2.59 bits per heavy atom. The fraction of sp³-hybridized carbons (Fsp3) is 0.846. The quantitative estimate of drug-likeness (QED) is 0.575. The molecule has 6 heteroatoms. The van der Waals surface area contributed by atoms with E-state index >= 15 is 0 Å². The molecule has 1 saturated heterocycles. The van der Waals surface area contributed by atoms with E-state index in [0.717, 1.165) is 45.1 Å². The van der Waals surface area contributed by atoms with Crippen LogP contribution in [0, 0.1) is 41.1 Å². The molecule has 4 aliphatic carbocycles. The van der Waals surface area contributed by atoms with Gasteiger partial charge in [0.25, 0.3) is 0 Å². The van der Waals surface area contributed by atoms with Gasteiger partial charge in [0.1, 0.15) is 30.7 Å². The van der Waals surface area contributed by atoms with E-state index in [-0.39, 0.29) is 22.9 Å². The van der Waals surface area contributed by atoms with Crippen molar-refractivity contribution in [2.75, 3.05) is 0 Å². The van der Waals surface area contributed by atoms with Crippen molar-refractivity contribution >= 4 is 5.78 Å². The summed E-state index contributed by atoms with van der Waals surface area (Å²) >= 11 is 0. The van der Waals surface area contributed by atoms with Gasteiger partial charge in [-0.15, -0.1) is 0 Å². The van der Waals surface area contributed by atoms with E-state index in [9.17, 15) is 20.1 Å². The Kier molecular flexibility index (Phi) is 5.86. The Hall–Kier alpha value is -0.790. The number of ketones is 1. The molecule has 1 aliphatic heterocycles. The lowest BCUT2D eigenvalue weighted by Gasteiger charge is -2.58. The van der Waals surface area contributed by atoms with Crippen LogP contribution in [0.5, 0.6) is 0 Å². The van der Waals surface area contributed by atoms with E-state index in [1.54, 1.807) is 6.92 Å².